The molecule has 15 heteroatoms. The minimum absolute atomic E-state index is 0.0971. The van der Waals surface area contributed by atoms with Gasteiger partial charge in [-0.05, 0) is 59.9 Å². The van der Waals surface area contributed by atoms with E-state index in [0.29, 0.717) is 30.9 Å². The fraction of sp³-hybridized carbons (Fsp3) is 0.500. The molecule has 5 N–H and O–H groups in total. The number of nitrogens with one attached hydrogen (secondary N) is 3. The Bertz CT molecular complexity index is 1300. The van der Waals surface area contributed by atoms with Gasteiger partial charge >= 0.3 is 5.97 Å². The number of aromatic amines is 1. The highest BCUT2D eigenvalue weighted by Crippen LogP contribution is 2.27. The van der Waals surface area contributed by atoms with Crippen LogP contribution in [-0.2, 0) is 25.5 Å². The molecule has 1 saturated heterocycles. The molecule has 3 rings (SSSR count). The maximum atomic E-state index is 13.8. The highest BCUT2D eigenvalue weighted by Gasteiger charge is 2.42. The van der Waals surface area contributed by atoms with Gasteiger partial charge in [0.25, 0.3) is 5.91 Å². The number of rotatable bonds is 10. The molecule has 0 radical (unpaired) electrons. The highest BCUT2D eigenvalue weighted by molar-refractivity contribution is 6.41. The first kappa shape index (κ1) is 31.8. The minimum atomic E-state index is -0.950. The molecule has 3 amide bonds. The molecule has 1 fully saturated rings. The second kappa shape index (κ2) is 13.8. The number of nitrogens with two attached hydrogens (primary N) is 1. The van der Waals surface area contributed by atoms with Gasteiger partial charge in [-0.25, -0.2) is 9.89 Å². The summed E-state index contributed by atoms with van der Waals surface area (Å²) >= 11 is 12.2. The van der Waals surface area contributed by atoms with Gasteiger partial charge in [-0.2, -0.15) is 0 Å². The van der Waals surface area contributed by atoms with Crippen molar-refractivity contribution < 1.29 is 23.9 Å². The summed E-state index contributed by atoms with van der Waals surface area (Å²) in [5.41, 5.74) is 5.64. The molecule has 0 aliphatic carbocycles. The summed E-state index contributed by atoms with van der Waals surface area (Å²) in [4.78, 5) is 53.9. The van der Waals surface area contributed by atoms with Crippen LogP contribution in [0.1, 0.15) is 56.7 Å². The van der Waals surface area contributed by atoms with Crippen molar-refractivity contribution in [3.63, 3.8) is 0 Å². The number of esters is 1. The Kier molecular flexibility index (Phi) is 10.7. The number of nitrogen functional groups attached to an aromatic ring is 1. The number of anilines is 1. The summed E-state index contributed by atoms with van der Waals surface area (Å²) < 4.78 is 4.93. The van der Waals surface area contributed by atoms with Gasteiger partial charge in [-0.3, -0.25) is 14.4 Å². The molecule has 0 bridgehead atoms. The van der Waals surface area contributed by atoms with Crippen molar-refractivity contribution in [2.24, 2.45) is 5.41 Å². The zero-order valence-corrected chi connectivity index (χ0v) is 24.8. The zero-order chi connectivity index (χ0) is 30.3. The fourth-order valence-electron chi connectivity index (χ4n) is 4.35. The molecule has 2 aromatic rings. The molecule has 2 heterocycles. The average molecular weight is 610 g/mol. The first-order valence-corrected chi connectivity index (χ1v) is 13.8. The van der Waals surface area contributed by atoms with Crippen molar-refractivity contribution in [2.75, 3.05) is 18.9 Å². The van der Waals surface area contributed by atoms with E-state index in [4.69, 9.17) is 33.7 Å². The van der Waals surface area contributed by atoms with Crippen LogP contribution in [0, 0.1) is 5.41 Å². The van der Waals surface area contributed by atoms with Crippen LogP contribution in [0.5, 0.6) is 0 Å². The molecule has 1 aromatic heterocycles. The second-order valence-electron chi connectivity index (χ2n) is 10.6. The van der Waals surface area contributed by atoms with Crippen molar-refractivity contribution in [2.45, 2.75) is 65.1 Å². The van der Waals surface area contributed by atoms with Gasteiger partial charge in [0.15, 0.2) is 5.82 Å². The minimum Gasteiger partial charge on any atom is -0.462 e. The molecule has 13 nitrogen and oxygen atoms in total. The van der Waals surface area contributed by atoms with E-state index in [0.717, 1.165) is 0 Å². The van der Waals surface area contributed by atoms with Gasteiger partial charge in [0.1, 0.15) is 17.1 Å². The van der Waals surface area contributed by atoms with Gasteiger partial charge in [0, 0.05) is 18.5 Å². The van der Waals surface area contributed by atoms with Crippen LogP contribution in [0.2, 0.25) is 5.02 Å². The lowest BCUT2D eigenvalue weighted by molar-refractivity contribution is -0.142. The molecule has 41 heavy (non-hydrogen) atoms. The number of halogens is 2. The van der Waals surface area contributed by atoms with E-state index >= 15 is 0 Å². The van der Waals surface area contributed by atoms with Gasteiger partial charge < -0.3 is 26.0 Å². The second-order valence-corrected chi connectivity index (χ2v) is 11.4. The van der Waals surface area contributed by atoms with E-state index < -0.39 is 47.2 Å². The van der Waals surface area contributed by atoms with Gasteiger partial charge in [0.05, 0.1) is 23.4 Å². The number of tetrazole rings is 1. The highest BCUT2D eigenvalue weighted by atomic mass is 35.5. The normalized spacial score (nSPS) is 17.1. The first-order valence-electron chi connectivity index (χ1n) is 13.1. The van der Waals surface area contributed by atoms with Gasteiger partial charge in [-0.1, -0.05) is 44.0 Å². The van der Waals surface area contributed by atoms with Crippen molar-refractivity contribution in [1.82, 2.24) is 36.2 Å². The monoisotopic (exact) mass is 608 g/mol. The topological polar surface area (TPSA) is 185 Å². The van der Waals surface area contributed by atoms with Crippen molar-refractivity contribution in [3.05, 3.63) is 45.7 Å². The van der Waals surface area contributed by atoms with Crippen LogP contribution in [0.4, 0.5) is 5.69 Å². The molecule has 0 unspecified atom stereocenters. The summed E-state index contributed by atoms with van der Waals surface area (Å²) in [7, 11) is 0. The summed E-state index contributed by atoms with van der Waals surface area (Å²) in [6.07, 6.45) is 2.43. The van der Waals surface area contributed by atoms with Crippen LogP contribution in [-0.4, -0.2) is 80.5 Å². The van der Waals surface area contributed by atoms with E-state index in [9.17, 15) is 19.2 Å². The third-order valence-corrected chi connectivity index (χ3v) is 7.05. The van der Waals surface area contributed by atoms with Crippen molar-refractivity contribution in [3.8, 4) is 0 Å². The molecule has 0 spiro atoms. The van der Waals surface area contributed by atoms with Crippen molar-refractivity contribution >= 4 is 52.6 Å². The van der Waals surface area contributed by atoms with E-state index in [2.05, 4.69) is 31.3 Å². The molecule has 1 aromatic carbocycles. The number of benzene rings is 1. The van der Waals surface area contributed by atoms with Crippen LogP contribution < -0.4 is 16.4 Å². The molecule has 1 aliphatic heterocycles. The smallest absolute Gasteiger partial charge is 0.349 e. The van der Waals surface area contributed by atoms with E-state index in [1.54, 1.807) is 6.92 Å². The van der Waals surface area contributed by atoms with Crippen LogP contribution in [0.3, 0.4) is 0 Å². The number of carbonyl (C=O) groups is 4. The number of amides is 3. The SMILES string of the molecule is CCOC(=O)/C(Cl)=C/[C@H](Cc1nnn[nH]1)NC(=O)[C@H]1CCCN1C(=O)[C@@H](NC(=O)c1ccc(N)c(Cl)c1)C(C)(C)C. The average Bonchev–Trinajstić information content (AvgIpc) is 3.60. The maximum Gasteiger partial charge on any atom is 0.349 e. The Hall–Kier alpha value is -3.71. The summed E-state index contributed by atoms with van der Waals surface area (Å²) in [6, 6.07) is 1.91. The number of nitrogens with zero attached hydrogens (tertiary/aromatic N) is 4. The number of carbonyl (C=O) groups excluding carboxylic acids is 4. The van der Waals surface area contributed by atoms with Gasteiger partial charge in [-0.15, -0.1) is 5.10 Å². The summed E-state index contributed by atoms with van der Waals surface area (Å²) in [6.45, 7) is 7.55. The third-order valence-electron chi connectivity index (χ3n) is 6.44. The number of hydrogen-bond donors (Lipinski definition) is 4. The molecular formula is C26H34Cl2N8O5. The molecule has 0 saturated carbocycles. The van der Waals surface area contributed by atoms with Gasteiger partial charge in [0.2, 0.25) is 11.8 Å². The first-order chi connectivity index (χ1) is 19.3. The number of aromatic nitrogens is 4. The lowest BCUT2D eigenvalue weighted by atomic mass is 9.85. The Morgan fingerprint density at radius 1 is 1.27 bits per heavy atom. The zero-order valence-electron chi connectivity index (χ0n) is 23.2. The maximum absolute atomic E-state index is 13.8. The summed E-state index contributed by atoms with van der Waals surface area (Å²) in [5, 5.41) is 19.1. The Morgan fingerprint density at radius 3 is 2.61 bits per heavy atom. The predicted molar refractivity (Wildman–Crippen MR) is 152 cm³/mol. The quantitative estimate of drug-likeness (QED) is 0.178. The lowest BCUT2D eigenvalue weighted by Crippen LogP contribution is -2.58. The van der Waals surface area contributed by atoms with Crippen LogP contribution >= 0.6 is 23.2 Å². The third kappa shape index (κ3) is 8.40. The number of H-pyrrole nitrogens is 1. The van der Waals surface area contributed by atoms with Crippen LogP contribution in [0.25, 0.3) is 0 Å². The number of ether oxygens (including phenoxy) is 1. The Morgan fingerprint density at radius 2 is 2.00 bits per heavy atom. The van der Waals surface area contributed by atoms with E-state index in [-0.39, 0.29) is 28.6 Å². The van der Waals surface area contributed by atoms with E-state index in [1.165, 1.54) is 29.2 Å². The molecular weight excluding hydrogens is 575 g/mol. The standard InChI is InChI=1S/C26H34Cl2N8O5/c1-5-41-25(40)17(28)12-15(13-20-32-34-35-33-20)30-23(38)19-7-6-10-36(19)24(39)21(26(2,3)4)31-22(37)14-8-9-18(29)16(27)11-14/h8-9,11-12,15,19,21H,5-7,10,13,29H2,1-4H3,(H,30,38)(H,31,37)(H,32,33,34,35)/b17-12-/t15-,19-,21-/m1/s1. The Balaban J connectivity index is 1.80. The molecule has 222 valence electrons. The van der Waals surface area contributed by atoms with E-state index in [1.807, 2.05) is 20.8 Å². The van der Waals surface area contributed by atoms with Crippen molar-refractivity contribution in [1.29, 1.82) is 0 Å². The lowest BCUT2D eigenvalue weighted by Gasteiger charge is -2.35. The number of likely N-dealkylation sites (tertiary alicyclic amines) is 1. The predicted octanol–water partition coefficient (Wildman–Crippen LogP) is 1.98. The largest absolute Gasteiger partial charge is 0.462 e. The number of hydrogen-bond acceptors (Lipinski definition) is 9. The molecule has 1 aliphatic rings. The molecule has 3 atom stereocenters. The van der Waals surface area contributed by atoms with Crippen LogP contribution in [0.15, 0.2) is 29.3 Å². The fourth-order valence-corrected chi connectivity index (χ4v) is 4.74. The Labute approximate surface area is 247 Å². The summed E-state index contributed by atoms with van der Waals surface area (Å²) in [5.74, 6) is -1.76.